The molecule has 112 valence electrons. The second kappa shape index (κ2) is 5.02. The van der Waals surface area contributed by atoms with Crippen molar-refractivity contribution in [1.82, 2.24) is 19.7 Å². The summed E-state index contributed by atoms with van der Waals surface area (Å²) >= 11 is 0. The number of nitrogen functional groups attached to an aromatic ring is 1. The van der Waals surface area contributed by atoms with Crippen molar-refractivity contribution in [3.05, 3.63) is 28.3 Å². The van der Waals surface area contributed by atoms with E-state index in [1.54, 1.807) is 0 Å². The van der Waals surface area contributed by atoms with Crippen molar-refractivity contribution < 1.29 is 0 Å². The van der Waals surface area contributed by atoms with E-state index in [1.807, 2.05) is 25.6 Å². The Kier molecular flexibility index (Phi) is 3.31. The molecule has 0 aliphatic heterocycles. The minimum Gasteiger partial charge on any atom is -0.383 e. The number of nitrogens with zero attached hydrogens (tertiary/aromatic N) is 4. The molecular formula is C15H22N6. The summed E-state index contributed by atoms with van der Waals surface area (Å²) in [6.07, 6.45) is 2.34. The molecule has 2 aromatic heterocycles. The van der Waals surface area contributed by atoms with Gasteiger partial charge in [0, 0.05) is 36.3 Å². The number of rotatable bonds is 4. The van der Waals surface area contributed by atoms with Crippen molar-refractivity contribution in [2.45, 2.75) is 46.1 Å². The molecule has 0 spiro atoms. The summed E-state index contributed by atoms with van der Waals surface area (Å²) in [5.41, 5.74) is 10.4. The van der Waals surface area contributed by atoms with Crippen LogP contribution in [0.4, 0.5) is 11.6 Å². The predicted octanol–water partition coefficient (Wildman–Crippen LogP) is 2.21. The quantitative estimate of drug-likeness (QED) is 0.900. The fraction of sp³-hybridized carbons (Fsp3) is 0.533. The Morgan fingerprint density at radius 2 is 1.95 bits per heavy atom. The number of nitrogens with two attached hydrogens (primary N) is 1. The third-order valence-corrected chi connectivity index (χ3v) is 4.23. The Hall–Kier alpha value is -2.11. The summed E-state index contributed by atoms with van der Waals surface area (Å²) in [6, 6.07) is 0. The molecule has 0 saturated heterocycles. The van der Waals surface area contributed by atoms with E-state index in [0.29, 0.717) is 18.3 Å². The molecule has 2 aromatic rings. The zero-order valence-electron chi connectivity index (χ0n) is 13.1. The van der Waals surface area contributed by atoms with Crippen LogP contribution in [0.3, 0.4) is 0 Å². The Bertz CT molecular complexity index is 684. The first-order valence-electron chi connectivity index (χ1n) is 7.34. The van der Waals surface area contributed by atoms with Crippen LogP contribution in [0.5, 0.6) is 0 Å². The maximum absolute atomic E-state index is 6.01. The van der Waals surface area contributed by atoms with Crippen molar-refractivity contribution in [2.24, 2.45) is 7.05 Å². The fourth-order valence-electron chi connectivity index (χ4n) is 2.49. The second-order valence-corrected chi connectivity index (χ2v) is 5.84. The number of nitrogens with one attached hydrogen (secondary N) is 1. The van der Waals surface area contributed by atoms with Gasteiger partial charge in [-0.25, -0.2) is 9.97 Å². The van der Waals surface area contributed by atoms with Crippen molar-refractivity contribution in [3.8, 4) is 0 Å². The SMILES string of the molecule is Cc1nn(C)c(C)c1CNc1nc(C2CC2)nc(N)c1C. The first-order valence-corrected chi connectivity index (χ1v) is 7.34. The van der Waals surface area contributed by atoms with Crippen molar-refractivity contribution in [3.63, 3.8) is 0 Å². The van der Waals surface area contributed by atoms with Crippen molar-refractivity contribution in [1.29, 1.82) is 0 Å². The largest absolute Gasteiger partial charge is 0.383 e. The average Bonchev–Trinajstić information content (AvgIpc) is 3.23. The lowest BCUT2D eigenvalue weighted by atomic mass is 10.2. The Balaban J connectivity index is 1.84. The van der Waals surface area contributed by atoms with Gasteiger partial charge in [-0.1, -0.05) is 0 Å². The van der Waals surface area contributed by atoms with Crippen molar-refractivity contribution in [2.75, 3.05) is 11.1 Å². The molecule has 1 saturated carbocycles. The molecule has 1 aliphatic rings. The minimum atomic E-state index is 0.496. The van der Waals surface area contributed by atoms with Crippen LogP contribution in [0.1, 0.15) is 47.1 Å². The minimum absolute atomic E-state index is 0.496. The Morgan fingerprint density at radius 1 is 1.24 bits per heavy atom. The summed E-state index contributed by atoms with van der Waals surface area (Å²) in [4.78, 5) is 9.05. The van der Waals surface area contributed by atoms with E-state index in [4.69, 9.17) is 5.73 Å². The van der Waals surface area contributed by atoms with Gasteiger partial charge in [-0.05, 0) is 33.6 Å². The molecule has 6 nitrogen and oxygen atoms in total. The smallest absolute Gasteiger partial charge is 0.136 e. The van der Waals surface area contributed by atoms with Gasteiger partial charge in [-0.3, -0.25) is 4.68 Å². The maximum atomic E-state index is 6.01. The molecule has 21 heavy (non-hydrogen) atoms. The fourth-order valence-corrected chi connectivity index (χ4v) is 2.49. The highest BCUT2D eigenvalue weighted by molar-refractivity contribution is 5.55. The average molecular weight is 286 g/mol. The van der Waals surface area contributed by atoms with E-state index in [9.17, 15) is 0 Å². The lowest BCUT2D eigenvalue weighted by molar-refractivity contribution is 0.730. The molecule has 1 fully saturated rings. The molecular weight excluding hydrogens is 264 g/mol. The van der Waals surface area contributed by atoms with E-state index in [-0.39, 0.29) is 0 Å². The number of hydrogen-bond acceptors (Lipinski definition) is 5. The monoisotopic (exact) mass is 286 g/mol. The third-order valence-electron chi connectivity index (χ3n) is 4.23. The number of anilines is 2. The van der Waals surface area contributed by atoms with Gasteiger partial charge in [0.2, 0.25) is 0 Å². The van der Waals surface area contributed by atoms with Gasteiger partial charge in [0.05, 0.1) is 5.69 Å². The van der Waals surface area contributed by atoms with Crippen LogP contribution in [0, 0.1) is 20.8 Å². The lowest BCUT2D eigenvalue weighted by Crippen LogP contribution is -2.10. The zero-order chi connectivity index (χ0) is 15.1. The Morgan fingerprint density at radius 3 is 2.52 bits per heavy atom. The van der Waals surface area contributed by atoms with E-state index in [0.717, 1.165) is 22.9 Å². The Labute approximate surface area is 124 Å². The third kappa shape index (κ3) is 2.57. The molecule has 0 unspecified atom stereocenters. The highest BCUT2D eigenvalue weighted by Crippen LogP contribution is 2.39. The molecule has 3 N–H and O–H groups in total. The second-order valence-electron chi connectivity index (χ2n) is 5.84. The maximum Gasteiger partial charge on any atom is 0.136 e. The molecule has 0 radical (unpaired) electrons. The van der Waals surface area contributed by atoms with Crippen LogP contribution >= 0.6 is 0 Å². The number of hydrogen-bond donors (Lipinski definition) is 2. The molecule has 1 aliphatic carbocycles. The molecule has 6 heteroatoms. The van der Waals surface area contributed by atoms with E-state index in [1.165, 1.54) is 24.1 Å². The first-order chi connectivity index (χ1) is 9.97. The topological polar surface area (TPSA) is 81.7 Å². The molecule has 0 amide bonds. The normalized spacial score (nSPS) is 14.5. The van der Waals surface area contributed by atoms with E-state index < -0.39 is 0 Å². The molecule has 2 heterocycles. The van der Waals surface area contributed by atoms with Gasteiger partial charge < -0.3 is 11.1 Å². The standard InChI is InChI=1S/C15H22N6/c1-8-13(16)18-15(11-5-6-11)19-14(8)17-7-12-9(2)20-21(4)10(12)3/h11H,5-7H2,1-4H3,(H3,16,17,18,19). The van der Waals surface area contributed by atoms with Gasteiger partial charge in [-0.2, -0.15) is 5.10 Å². The van der Waals surface area contributed by atoms with Crippen LogP contribution in [0.15, 0.2) is 0 Å². The van der Waals surface area contributed by atoms with Crippen LogP contribution in [-0.2, 0) is 13.6 Å². The summed E-state index contributed by atoms with van der Waals surface area (Å²) in [5, 5.41) is 7.84. The van der Waals surface area contributed by atoms with Crippen LogP contribution in [0.2, 0.25) is 0 Å². The van der Waals surface area contributed by atoms with Crippen LogP contribution < -0.4 is 11.1 Å². The summed E-state index contributed by atoms with van der Waals surface area (Å²) in [6.45, 7) is 6.76. The summed E-state index contributed by atoms with van der Waals surface area (Å²) in [7, 11) is 1.96. The predicted molar refractivity (Wildman–Crippen MR) is 83.2 cm³/mol. The first kappa shape index (κ1) is 13.9. The van der Waals surface area contributed by atoms with Gasteiger partial charge in [0.15, 0.2) is 0 Å². The summed E-state index contributed by atoms with van der Waals surface area (Å²) in [5.74, 6) is 2.79. The molecule has 3 rings (SSSR count). The highest BCUT2D eigenvalue weighted by atomic mass is 15.3. The zero-order valence-corrected chi connectivity index (χ0v) is 13.1. The van der Waals surface area contributed by atoms with Crippen LogP contribution in [0.25, 0.3) is 0 Å². The number of aromatic nitrogens is 4. The van der Waals surface area contributed by atoms with Gasteiger partial charge in [0.25, 0.3) is 0 Å². The van der Waals surface area contributed by atoms with Crippen LogP contribution in [-0.4, -0.2) is 19.7 Å². The molecule has 0 aromatic carbocycles. The molecule has 0 atom stereocenters. The van der Waals surface area contributed by atoms with Crippen molar-refractivity contribution >= 4 is 11.6 Å². The van der Waals surface area contributed by atoms with E-state index >= 15 is 0 Å². The van der Waals surface area contributed by atoms with E-state index in [2.05, 4.69) is 27.3 Å². The lowest BCUT2D eigenvalue weighted by Gasteiger charge is -2.12. The summed E-state index contributed by atoms with van der Waals surface area (Å²) < 4.78 is 1.91. The highest BCUT2D eigenvalue weighted by Gasteiger charge is 2.28. The van der Waals surface area contributed by atoms with Gasteiger partial charge in [-0.15, -0.1) is 0 Å². The van der Waals surface area contributed by atoms with Gasteiger partial charge in [0.1, 0.15) is 17.5 Å². The molecule has 0 bridgehead atoms. The van der Waals surface area contributed by atoms with Gasteiger partial charge >= 0.3 is 0 Å². The number of aryl methyl sites for hydroxylation is 2.